The van der Waals surface area contributed by atoms with Gasteiger partial charge in [-0.2, -0.15) is 0 Å². The predicted octanol–water partition coefficient (Wildman–Crippen LogP) is 2.35. The average Bonchev–Trinajstić information content (AvgIpc) is 2.47. The van der Waals surface area contributed by atoms with Crippen LogP contribution in [0, 0.1) is 0 Å². The summed E-state index contributed by atoms with van der Waals surface area (Å²) in [5.74, 6) is -0.329. The second-order valence-corrected chi connectivity index (χ2v) is 7.04. The molecule has 0 aromatic heterocycles. The Labute approximate surface area is 139 Å². The molecule has 23 heavy (non-hydrogen) atoms. The third-order valence-electron chi connectivity index (χ3n) is 2.95. The van der Waals surface area contributed by atoms with E-state index in [4.69, 9.17) is 11.6 Å². The molecule has 6 nitrogen and oxygen atoms in total. The Hall–Kier alpha value is -2.25. The molecule has 3 N–H and O–H groups in total. The second kappa shape index (κ2) is 6.89. The number of para-hydroxylation sites is 1. The van der Waals surface area contributed by atoms with E-state index in [1.165, 1.54) is 24.3 Å². The Morgan fingerprint density at radius 2 is 1.91 bits per heavy atom. The van der Waals surface area contributed by atoms with Crippen LogP contribution in [-0.4, -0.2) is 25.7 Å². The Balaban J connectivity index is 2.13. The van der Waals surface area contributed by atoms with E-state index in [9.17, 15) is 18.3 Å². The molecule has 0 heterocycles. The number of sulfonamides is 1. The van der Waals surface area contributed by atoms with E-state index < -0.39 is 15.9 Å². The van der Waals surface area contributed by atoms with Gasteiger partial charge in [-0.1, -0.05) is 29.8 Å². The van der Waals surface area contributed by atoms with Gasteiger partial charge in [-0.3, -0.25) is 9.52 Å². The maximum atomic E-state index is 12.1. The number of phenols is 1. The highest BCUT2D eigenvalue weighted by molar-refractivity contribution is 7.92. The van der Waals surface area contributed by atoms with E-state index in [-0.39, 0.29) is 28.6 Å². The zero-order chi connectivity index (χ0) is 17.0. The minimum atomic E-state index is -3.50. The third-order valence-corrected chi connectivity index (χ3v) is 3.88. The largest absolute Gasteiger partial charge is 0.508 e. The molecule has 1 amide bonds. The zero-order valence-corrected chi connectivity index (χ0v) is 13.8. The average molecular weight is 355 g/mol. The smallest absolute Gasteiger partial charge is 0.251 e. The molecule has 8 heteroatoms. The topological polar surface area (TPSA) is 95.5 Å². The van der Waals surface area contributed by atoms with Gasteiger partial charge < -0.3 is 10.4 Å². The highest BCUT2D eigenvalue weighted by atomic mass is 35.5. The van der Waals surface area contributed by atoms with Gasteiger partial charge in [0.2, 0.25) is 10.0 Å². The molecule has 0 aliphatic carbocycles. The number of benzene rings is 2. The number of hydrogen-bond donors (Lipinski definition) is 3. The third kappa shape index (κ3) is 4.87. The van der Waals surface area contributed by atoms with Gasteiger partial charge >= 0.3 is 0 Å². The zero-order valence-electron chi connectivity index (χ0n) is 12.2. The molecule has 0 aliphatic heterocycles. The summed E-state index contributed by atoms with van der Waals surface area (Å²) in [5, 5.41) is 12.5. The van der Waals surface area contributed by atoms with Gasteiger partial charge in [-0.15, -0.1) is 0 Å². The number of nitrogens with one attached hydrogen (secondary N) is 2. The number of aromatic hydroxyl groups is 1. The van der Waals surface area contributed by atoms with E-state index in [0.717, 1.165) is 6.26 Å². The summed E-state index contributed by atoms with van der Waals surface area (Å²) in [6.45, 7) is 0.142. The van der Waals surface area contributed by atoms with Crippen LogP contribution in [0.25, 0.3) is 0 Å². The van der Waals surface area contributed by atoms with Crippen LogP contribution in [-0.2, 0) is 16.6 Å². The fourth-order valence-electron chi connectivity index (χ4n) is 1.88. The van der Waals surface area contributed by atoms with Crippen molar-refractivity contribution in [1.82, 2.24) is 5.32 Å². The van der Waals surface area contributed by atoms with E-state index >= 15 is 0 Å². The van der Waals surface area contributed by atoms with Crippen LogP contribution in [0.1, 0.15) is 15.9 Å². The minimum Gasteiger partial charge on any atom is -0.508 e. The van der Waals surface area contributed by atoms with Crippen LogP contribution < -0.4 is 10.0 Å². The maximum absolute atomic E-state index is 12.1. The van der Waals surface area contributed by atoms with Crippen molar-refractivity contribution in [3.05, 3.63) is 58.6 Å². The molecular weight excluding hydrogens is 340 g/mol. The van der Waals surface area contributed by atoms with Crippen LogP contribution in [0.2, 0.25) is 5.02 Å². The molecule has 2 rings (SSSR count). The second-order valence-electron chi connectivity index (χ2n) is 4.88. The summed E-state index contributed by atoms with van der Waals surface area (Å²) in [6, 6.07) is 10.9. The van der Waals surface area contributed by atoms with E-state index in [0.29, 0.717) is 5.56 Å². The molecule has 0 saturated carbocycles. The molecule has 2 aromatic carbocycles. The predicted molar refractivity (Wildman–Crippen MR) is 89.2 cm³/mol. The first kappa shape index (κ1) is 17.1. The standard InChI is InChI=1S/C15H15ClN2O4S/c1-23(21,22)18-13-8-10(6-7-12(13)16)15(20)17-9-11-4-2-3-5-14(11)19/h2-8,18-19H,9H2,1H3,(H,17,20). The lowest BCUT2D eigenvalue weighted by molar-refractivity contribution is 0.0951. The van der Waals surface area contributed by atoms with Crippen molar-refractivity contribution in [1.29, 1.82) is 0 Å². The monoisotopic (exact) mass is 354 g/mol. The van der Waals surface area contributed by atoms with Gasteiger partial charge in [-0.25, -0.2) is 8.42 Å². The fraction of sp³-hybridized carbons (Fsp3) is 0.133. The highest BCUT2D eigenvalue weighted by Crippen LogP contribution is 2.24. The summed E-state index contributed by atoms with van der Waals surface area (Å²) < 4.78 is 24.8. The van der Waals surface area contributed by atoms with Crippen LogP contribution in [0.15, 0.2) is 42.5 Å². The van der Waals surface area contributed by atoms with Crippen molar-refractivity contribution >= 4 is 33.2 Å². The Bertz CT molecular complexity index is 837. The van der Waals surface area contributed by atoms with Crippen molar-refractivity contribution < 1.29 is 18.3 Å². The van der Waals surface area contributed by atoms with Crippen LogP contribution >= 0.6 is 11.6 Å². The van der Waals surface area contributed by atoms with Crippen molar-refractivity contribution in [2.75, 3.05) is 11.0 Å². The summed E-state index contributed by atoms with van der Waals surface area (Å²) >= 11 is 5.91. The minimum absolute atomic E-state index is 0.0864. The van der Waals surface area contributed by atoms with Crippen LogP contribution in [0.4, 0.5) is 5.69 Å². The normalized spacial score (nSPS) is 11.0. The van der Waals surface area contributed by atoms with Crippen molar-refractivity contribution in [2.24, 2.45) is 0 Å². The lowest BCUT2D eigenvalue weighted by atomic mass is 10.1. The first-order valence-corrected chi connectivity index (χ1v) is 8.85. The molecule has 0 fully saturated rings. The number of amides is 1. The number of phenolic OH excluding ortho intramolecular Hbond substituents is 1. The van der Waals surface area contributed by atoms with E-state index in [1.54, 1.807) is 18.2 Å². The Morgan fingerprint density at radius 1 is 1.22 bits per heavy atom. The molecule has 0 saturated heterocycles. The first-order valence-electron chi connectivity index (χ1n) is 6.58. The molecule has 122 valence electrons. The van der Waals surface area contributed by atoms with Gasteiger partial charge in [-0.05, 0) is 24.3 Å². The summed E-state index contributed by atoms with van der Waals surface area (Å²) in [4.78, 5) is 12.1. The van der Waals surface area contributed by atoms with E-state index in [2.05, 4.69) is 10.0 Å². The molecule has 2 aromatic rings. The van der Waals surface area contributed by atoms with Crippen molar-refractivity contribution in [2.45, 2.75) is 6.54 Å². The van der Waals surface area contributed by atoms with Crippen molar-refractivity contribution in [3.63, 3.8) is 0 Å². The van der Waals surface area contributed by atoms with Gasteiger partial charge in [0.05, 0.1) is 17.0 Å². The van der Waals surface area contributed by atoms with E-state index in [1.807, 2.05) is 0 Å². The van der Waals surface area contributed by atoms with Crippen LogP contribution in [0.3, 0.4) is 0 Å². The number of carbonyl (C=O) groups excluding carboxylic acids is 1. The van der Waals surface area contributed by atoms with Gasteiger partial charge in [0, 0.05) is 17.7 Å². The number of rotatable bonds is 5. The van der Waals surface area contributed by atoms with Gasteiger partial charge in [0.1, 0.15) is 5.75 Å². The molecular formula is C15H15ClN2O4S. The molecule has 0 bridgehead atoms. The number of halogens is 1. The summed E-state index contributed by atoms with van der Waals surface area (Å²) in [5.41, 5.74) is 0.949. The maximum Gasteiger partial charge on any atom is 0.251 e. The lowest BCUT2D eigenvalue weighted by Crippen LogP contribution is -2.23. The van der Waals surface area contributed by atoms with Crippen molar-refractivity contribution in [3.8, 4) is 5.75 Å². The SMILES string of the molecule is CS(=O)(=O)Nc1cc(C(=O)NCc2ccccc2O)ccc1Cl. The fourth-order valence-corrected chi connectivity index (χ4v) is 2.67. The van der Waals surface area contributed by atoms with Gasteiger partial charge in [0.15, 0.2) is 0 Å². The van der Waals surface area contributed by atoms with Gasteiger partial charge in [0.25, 0.3) is 5.91 Å². The molecule has 0 atom stereocenters. The summed E-state index contributed by atoms with van der Waals surface area (Å²) in [6.07, 6.45) is 0.994. The number of carbonyl (C=O) groups is 1. The van der Waals surface area contributed by atoms with Crippen LogP contribution in [0.5, 0.6) is 5.75 Å². The molecule has 0 spiro atoms. The number of anilines is 1. The molecule has 0 unspecified atom stereocenters. The first-order chi connectivity index (χ1) is 10.8. The molecule has 0 aliphatic rings. The lowest BCUT2D eigenvalue weighted by Gasteiger charge is -2.10. The number of hydrogen-bond acceptors (Lipinski definition) is 4. The highest BCUT2D eigenvalue weighted by Gasteiger charge is 2.12. The quantitative estimate of drug-likeness (QED) is 0.768. The Morgan fingerprint density at radius 3 is 2.57 bits per heavy atom. The molecule has 0 radical (unpaired) electrons. The summed E-state index contributed by atoms with van der Waals surface area (Å²) in [7, 11) is -3.50. The Kier molecular flexibility index (Phi) is 5.12.